The number of hydrogen-bond acceptors (Lipinski definition) is 0. The summed E-state index contributed by atoms with van der Waals surface area (Å²) in [4.78, 5) is 0. The van der Waals surface area contributed by atoms with E-state index in [1.54, 1.807) is 0 Å². The lowest BCUT2D eigenvalue weighted by Gasteiger charge is -2.10. The van der Waals surface area contributed by atoms with Crippen LogP contribution < -0.4 is 0 Å². The third-order valence-electron chi connectivity index (χ3n) is 4.28. The second kappa shape index (κ2) is 7.56. The van der Waals surface area contributed by atoms with E-state index in [1.807, 2.05) is 24.3 Å². The minimum Gasteiger partial charge on any atom is -0.207 e. The second-order valence-corrected chi connectivity index (χ2v) is 6.12. The molecule has 0 heterocycles. The smallest absolute Gasteiger partial charge is 0.134 e. The fraction of sp³-hybridized carbons (Fsp3) is 0.182. The van der Waals surface area contributed by atoms with Gasteiger partial charge in [-0.3, -0.25) is 0 Å². The molecule has 0 aliphatic rings. The largest absolute Gasteiger partial charge is 0.207 e. The lowest BCUT2D eigenvalue weighted by molar-refractivity contribution is 0.590. The van der Waals surface area contributed by atoms with Gasteiger partial charge < -0.3 is 0 Å². The standard InChI is InChI=1S/C22H19F3/c1-2-3-4-15-5-7-16(8-6-15)18-13-20(24)22(21(25)14-18)17-9-11-19(23)12-10-17/h5-14H,2-4H2,1H3. The predicted octanol–water partition coefficient (Wildman–Crippen LogP) is 6.78. The van der Waals surface area contributed by atoms with Crippen LogP contribution in [0.2, 0.25) is 0 Å². The molecule has 0 radical (unpaired) electrons. The molecule has 0 aromatic heterocycles. The minimum atomic E-state index is -0.656. The van der Waals surface area contributed by atoms with Crippen LogP contribution in [0.5, 0.6) is 0 Å². The molecule has 25 heavy (non-hydrogen) atoms. The molecular weight excluding hydrogens is 321 g/mol. The van der Waals surface area contributed by atoms with Crippen molar-refractivity contribution in [3.63, 3.8) is 0 Å². The van der Waals surface area contributed by atoms with Crippen LogP contribution in [0.25, 0.3) is 22.3 Å². The van der Waals surface area contributed by atoms with E-state index >= 15 is 0 Å². The first-order valence-corrected chi connectivity index (χ1v) is 8.43. The molecule has 0 nitrogen and oxygen atoms in total. The Labute approximate surface area is 146 Å². The van der Waals surface area contributed by atoms with Crippen molar-refractivity contribution in [1.82, 2.24) is 0 Å². The molecule has 0 atom stereocenters. The average Bonchev–Trinajstić information content (AvgIpc) is 2.61. The van der Waals surface area contributed by atoms with Crippen LogP contribution in [0.3, 0.4) is 0 Å². The normalized spacial score (nSPS) is 10.9. The number of unbranched alkanes of at least 4 members (excludes halogenated alkanes) is 1. The van der Waals surface area contributed by atoms with Crippen LogP contribution in [0.15, 0.2) is 60.7 Å². The highest BCUT2D eigenvalue weighted by Gasteiger charge is 2.14. The second-order valence-electron chi connectivity index (χ2n) is 6.12. The molecular formula is C22H19F3. The highest BCUT2D eigenvalue weighted by atomic mass is 19.1. The molecule has 0 aliphatic carbocycles. The summed E-state index contributed by atoms with van der Waals surface area (Å²) in [7, 11) is 0. The number of benzene rings is 3. The van der Waals surface area contributed by atoms with Gasteiger partial charge in [0.1, 0.15) is 17.5 Å². The summed E-state index contributed by atoms with van der Waals surface area (Å²) in [5, 5.41) is 0. The zero-order valence-corrected chi connectivity index (χ0v) is 14.0. The van der Waals surface area contributed by atoms with Crippen molar-refractivity contribution in [2.24, 2.45) is 0 Å². The van der Waals surface area contributed by atoms with Crippen LogP contribution in [-0.4, -0.2) is 0 Å². The van der Waals surface area contributed by atoms with Gasteiger partial charge in [0, 0.05) is 0 Å². The molecule has 3 aromatic carbocycles. The minimum absolute atomic E-state index is 0.136. The van der Waals surface area contributed by atoms with Gasteiger partial charge in [-0.25, -0.2) is 13.2 Å². The molecule has 0 fully saturated rings. The molecule has 0 saturated carbocycles. The van der Waals surface area contributed by atoms with Gasteiger partial charge in [-0.05, 0) is 59.4 Å². The molecule has 0 unspecified atom stereocenters. The molecule has 3 aromatic rings. The van der Waals surface area contributed by atoms with Crippen LogP contribution in [0.1, 0.15) is 25.3 Å². The molecule has 3 rings (SSSR count). The highest BCUT2D eigenvalue weighted by molar-refractivity contribution is 5.71. The van der Waals surface area contributed by atoms with E-state index in [0.29, 0.717) is 11.1 Å². The maximum absolute atomic E-state index is 14.5. The van der Waals surface area contributed by atoms with Crippen molar-refractivity contribution in [2.75, 3.05) is 0 Å². The first-order valence-electron chi connectivity index (χ1n) is 8.43. The number of rotatable bonds is 5. The van der Waals surface area contributed by atoms with Crippen LogP contribution in [-0.2, 0) is 6.42 Å². The quantitative estimate of drug-likeness (QED) is 0.480. The van der Waals surface area contributed by atoms with Gasteiger partial charge in [-0.15, -0.1) is 0 Å². The van der Waals surface area contributed by atoms with Crippen molar-refractivity contribution in [3.8, 4) is 22.3 Å². The third kappa shape index (κ3) is 3.93. The van der Waals surface area contributed by atoms with Gasteiger partial charge in [-0.2, -0.15) is 0 Å². The maximum atomic E-state index is 14.5. The van der Waals surface area contributed by atoms with E-state index < -0.39 is 17.5 Å². The first kappa shape index (κ1) is 17.3. The number of halogens is 3. The Morgan fingerprint density at radius 3 is 1.80 bits per heavy atom. The SMILES string of the molecule is CCCCc1ccc(-c2cc(F)c(-c3ccc(F)cc3)c(F)c2)cc1. The number of aryl methyl sites for hydroxylation is 1. The third-order valence-corrected chi connectivity index (χ3v) is 4.28. The molecule has 0 bridgehead atoms. The Balaban J connectivity index is 1.93. The summed E-state index contributed by atoms with van der Waals surface area (Å²) >= 11 is 0. The Morgan fingerprint density at radius 2 is 1.24 bits per heavy atom. The molecule has 128 valence electrons. The summed E-state index contributed by atoms with van der Waals surface area (Å²) in [6.07, 6.45) is 3.25. The van der Waals surface area contributed by atoms with Crippen molar-refractivity contribution in [1.29, 1.82) is 0 Å². The van der Waals surface area contributed by atoms with Gasteiger partial charge in [-0.1, -0.05) is 49.7 Å². The summed E-state index contributed by atoms with van der Waals surface area (Å²) in [6, 6.07) is 15.5. The summed E-state index contributed by atoms with van der Waals surface area (Å²) in [6.45, 7) is 2.14. The monoisotopic (exact) mass is 340 g/mol. The van der Waals surface area contributed by atoms with Gasteiger partial charge in [0.05, 0.1) is 5.56 Å². The zero-order chi connectivity index (χ0) is 17.8. The maximum Gasteiger partial charge on any atom is 0.134 e. The van der Waals surface area contributed by atoms with Crippen molar-refractivity contribution < 1.29 is 13.2 Å². The van der Waals surface area contributed by atoms with Crippen LogP contribution in [0.4, 0.5) is 13.2 Å². The molecule has 0 amide bonds. The highest BCUT2D eigenvalue weighted by Crippen LogP contribution is 2.31. The number of hydrogen-bond donors (Lipinski definition) is 0. The van der Waals surface area contributed by atoms with E-state index in [9.17, 15) is 13.2 Å². The van der Waals surface area contributed by atoms with Crippen molar-refractivity contribution >= 4 is 0 Å². The van der Waals surface area contributed by atoms with Gasteiger partial charge in [0.25, 0.3) is 0 Å². The van der Waals surface area contributed by atoms with E-state index in [4.69, 9.17) is 0 Å². The molecule has 0 saturated heterocycles. The van der Waals surface area contributed by atoms with Gasteiger partial charge in [0.2, 0.25) is 0 Å². The topological polar surface area (TPSA) is 0 Å². The summed E-state index contributed by atoms with van der Waals surface area (Å²) < 4.78 is 42.0. The van der Waals surface area contributed by atoms with Crippen molar-refractivity contribution in [2.45, 2.75) is 26.2 Å². The Kier molecular flexibility index (Phi) is 5.22. The molecule has 0 aliphatic heterocycles. The van der Waals surface area contributed by atoms with Crippen molar-refractivity contribution in [3.05, 3.63) is 83.7 Å². The van der Waals surface area contributed by atoms with E-state index in [1.165, 1.54) is 42.0 Å². The lowest BCUT2D eigenvalue weighted by Crippen LogP contribution is -1.93. The van der Waals surface area contributed by atoms with E-state index in [-0.39, 0.29) is 5.56 Å². The van der Waals surface area contributed by atoms with Gasteiger partial charge >= 0.3 is 0 Å². The summed E-state index contributed by atoms with van der Waals surface area (Å²) in [5.41, 5.74) is 2.65. The van der Waals surface area contributed by atoms with Crippen LogP contribution in [0, 0.1) is 17.5 Å². The molecule has 0 spiro atoms. The molecule has 0 N–H and O–H groups in total. The first-order chi connectivity index (χ1) is 12.1. The Bertz CT molecular complexity index is 826. The fourth-order valence-electron chi connectivity index (χ4n) is 2.88. The molecule has 3 heteroatoms. The lowest BCUT2D eigenvalue weighted by atomic mass is 9.97. The Hall–Kier alpha value is -2.55. The van der Waals surface area contributed by atoms with E-state index in [2.05, 4.69) is 6.92 Å². The summed E-state index contributed by atoms with van der Waals surface area (Å²) in [5.74, 6) is -1.75. The van der Waals surface area contributed by atoms with E-state index in [0.717, 1.165) is 24.8 Å². The Morgan fingerprint density at radius 1 is 0.680 bits per heavy atom. The van der Waals surface area contributed by atoms with Gasteiger partial charge in [0.15, 0.2) is 0 Å². The zero-order valence-electron chi connectivity index (χ0n) is 14.0. The predicted molar refractivity (Wildman–Crippen MR) is 95.8 cm³/mol. The fourth-order valence-corrected chi connectivity index (χ4v) is 2.88. The average molecular weight is 340 g/mol. The van der Waals surface area contributed by atoms with Crippen LogP contribution >= 0.6 is 0 Å².